The summed E-state index contributed by atoms with van der Waals surface area (Å²) in [5, 5.41) is 8.60. The summed E-state index contributed by atoms with van der Waals surface area (Å²) >= 11 is 0. The Labute approximate surface area is 156 Å². The van der Waals surface area contributed by atoms with Crippen molar-refractivity contribution in [2.75, 3.05) is 19.7 Å². The number of carbonyl (C=O) groups is 1. The molecule has 0 spiro atoms. The van der Waals surface area contributed by atoms with Gasteiger partial charge in [-0.3, -0.25) is 4.79 Å². The highest BCUT2D eigenvalue weighted by Gasteiger charge is 2.27. The van der Waals surface area contributed by atoms with Gasteiger partial charge in [-0.05, 0) is 49.1 Å². The average molecular weight is 358 g/mol. The van der Waals surface area contributed by atoms with Crippen LogP contribution in [-0.4, -0.2) is 52.6 Å². The summed E-state index contributed by atoms with van der Waals surface area (Å²) < 4.78 is 5.80. The van der Waals surface area contributed by atoms with E-state index >= 15 is 0 Å². The van der Waals surface area contributed by atoms with E-state index in [1.54, 1.807) is 0 Å². The Morgan fingerprint density at radius 2 is 1.92 bits per heavy atom. The van der Waals surface area contributed by atoms with Crippen molar-refractivity contribution in [3.05, 3.63) is 23.0 Å². The van der Waals surface area contributed by atoms with Gasteiger partial charge in [0.2, 0.25) is 5.90 Å². The third kappa shape index (κ3) is 4.22. The summed E-state index contributed by atoms with van der Waals surface area (Å²) in [6, 6.07) is 2.06. The first-order valence-corrected chi connectivity index (χ1v) is 9.82. The second-order valence-corrected chi connectivity index (χ2v) is 8.11. The van der Waals surface area contributed by atoms with E-state index < -0.39 is 0 Å². The Kier molecular flexibility index (Phi) is 5.89. The van der Waals surface area contributed by atoms with E-state index in [1.165, 1.54) is 6.42 Å². The first kappa shape index (κ1) is 18.8. The number of amides is 1. The summed E-state index contributed by atoms with van der Waals surface area (Å²) in [5.41, 5.74) is 2.13. The molecule has 3 heterocycles. The predicted octanol–water partition coefficient (Wildman–Crippen LogP) is 3.10. The standard InChI is InChI=1S/C20H30N4O2/c1-13(2)10-15-11-16(20(25)24-8-6-5-7-9-24)22-23-18(15)19-21-17(12-26-19)14(3)4/h11,13-14,17H,5-10,12H2,1-4H3/t17-/m1/s1. The molecular formula is C20H30N4O2. The number of hydrogen-bond acceptors (Lipinski definition) is 5. The molecule has 6 nitrogen and oxygen atoms in total. The molecule has 2 aliphatic rings. The summed E-state index contributed by atoms with van der Waals surface area (Å²) in [6.07, 6.45) is 4.15. The van der Waals surface area contributed by atoms with Crippen molar-refractivity contribution in [1.29, 1.82) is 0 Å². The minimum atomic E-state index is -0.0110. The molecule has 0 aromatic carbocycles. The van der Waals surface area contributed by atoms with Crippen LogP contribution in [0, 0.1) is 11.8 Å². The second kappa shape index (κ2) is 8.14. The molecular weight excluding hydrogens is 328 g/mol. The van der Waals surface area contributed by atoms with E-state index in [0.717, 1.165) is 37.9 Å². The van der Waals surface area contributed by atoms with Gasteiger partial charge in [0.25, 0.3) is 5.91 Å². The molecule has 3 rings (SSSR count). The van der Waals surface area contributed by atoms with Gasteiger partial charge in [-0.2, -0.15) is 0 Å². The number of piperidine rings is 1. The first-order chi connectivity index (χ1) is 12.5. The van der Waals surface area contributed by atoms with Crippen LogP contribution in [0.25, 0.3) is 0 Å². The maximum atomic E-state index is 12.8. The third-order valence-corrected chi connectivity index (χ3v) is 5.01. The molecule has 0 unspecified atom stereocenters. The van der Waals surface area contributed by atoms with Crippen molar-refractivity contribution < 1.29 is 9.53 Å². The zero-order valence-electron chi connectivity index (χ0n) is 16.4. The molecule has 1 atom stereocenters. The van der Waals surface area contributed by atoms with E-state index in [-0.39, 0.29) is 11.9 Å². The maximum absolute atomic E-state index is 12.8. The fourth-order valence-electron chi connectivity index (χ4n) is 3.43. The molecule has 0 N–H and O–H groups in total. The van der Waals surface area contributed by atoms with Crippen molar-refractivity contribution in [1.82, 2.24) is 15.1 Å². The highest BCUT2D eigenvalue weighted by molar-refractivity contribution is 5.96. The van der Waals surface area contributed by atoms with Crippen LogP contribution in [0.1, 0.15) is 68.7 Å². The van der Waals surface area contributed by atoms with Crippen LogP contribution in [0.15, 0.2) is 11.1 Å². The zero-order valence-corrected chi connectivity index (χ0v) is 16.4. The van der Waals surface area contributed by atoms with Crippen LogP contribution >= 0.6 is 0 Å². The molecule has 1 aromatic rings. The van der Waals surface area contributed by atoms with Gasteiger partial charge >= 0.3 is 0 Å². The smallest absolute Gasteiger partial charge is 0.274 e. The lowest BCUT2D eigenvalue weighted by molar-refractivity contribution is 0.0717. The van der Waals surface area contributed by atoms with Crippen molar-refractivity contribution in [2.45, 2.75) is 59.4 Å². The molecule has 1 amide bonds. The first-order valence-electron chi connectivity index (χ1n) is 9.82. The summed E-state index contributed by atoms with van der Waals surface area (Å²) in [4.78, 5) is 19.4. The Morgan fingerprint density at radius 1 is 1.19 bits per heavy atom. The number of likely N-dealkylation sites (tertiary alicyclic amines) is 1. The van der Waals surface area contributed by atoms with E-state index in [4.69, 9.17) is 4.74 Å². The molecule has 0 bridgehead atoms. The molecule has 1 fully saturated rings. The van der Waals surface area contributed by atoms with Gasteiger partial charge in [0.15, 0.2) is 11.4 Å². The average Bonchev–Trinajstić information content (AvgIpc) is 3.11. The number of ether oxygens (including phenoxy) is 1. The van der Waals surface area contributed by atoms with Gasteiger partial charge in [-0.1, -0.05) is 27.7 Å². The van der Waals surface area contributed by atoms with Gasteiger partial charge in [0.1, 0.15) is 6.61 Å². The number of carbonyl (C=O) groups excluding carboxylic acids is 1. The molecule has 26 heavy (non-hydrogen) atoms. The number of nitrogens with zero attached hydrogens (tertiary/aromatic N) is 4. The van der Waals surface area contributed by atoms with E-state index in [2.05, 4.69) is 42.9 Å². The van der Waals surface area contributed by atoms with Crippen LogP contribution in [0.2, 0.25) is 0 Å². The lowest BCUT2D eigenvalue weighted by atomic mass is 10.0. The fourth-order valence-corrected chi connectivity index (χ4v) is 3.43. The molecule has 2 aliphatic heterocycles. The largest absolute Gasteiger partial charge is 0.474 e. The Morgan fingerprint density at radius 3 is 2.54 bits per heavy atom. The molecule has 0 radical (unpaired) electrons. The fraction of sp³-hybridized carbons (Fsp3) is 0.700. The SMILES string of the molecule is CC(C)Cc1cc(C(=O)N2CCCCC2)nnc1C1=N[C@@H](C(C)C)CO1. The summed E-state index contributed by atoms with van der Waals surface area (Å²) in [6.45, 7) is 10.8. The zero-order chi connectivity index (χ0) is 18.7. The van der Waals surface area contributed by atoms with E-state index in [9.17, 15) is 4.79 Å². The second-order valence-electron chi connectivity index (χ2n) is 8.11. The highest BCUT2D eigenvalue weighted by Crippen LogP contribution is 2.21. The number of rotatable bonds is 5. The summed E-state index contributed by atoms with van der Waals surface area (Å²) in [7, 11) is 0. The topological polar surface area (TPSA) is 67.7 Å². The van der Waals surface area contributed by atoms with Gasteiger partial charge in [0, 0.05) is 13.1 Å². The van der Waals surface area contributed by atoms with Crippen LogP contribution < -0.4 is 0 Å². The maximum Gasteiger partial charge on any atom is 0.274 e. The normalized spacial score (nSPS) is 20.5. The Hall–Kier alpha value is -1.98. The molecule has 6 heteroatoms. The highest BCUT2D eigenvalue weighted by atomic mass is 16.5. The Balaban J connectivity index is 1.88. The lowest BCUT2D eigenvalue weighted by Gasteiger charge is -2.26. The van der Waals surface area contributed by atoms with Crippen molar-refractivity contribution in [3.63, 3.8) is 0 Å². The van der Waals surface area contributed by atoms with Crippen LogP contribution in [0.3, 0.4) is 0 Å². The van der Waals surface area contributed by atoms with Gasteiger partial charge in [0.05, 0.1) is 6.04 Å². The van der Waals surface area contributed by atoms with Gasteiger partial charge in [-0.15, -0.1) is 10.2 Å². The van der Waals surface area contributed by atoms with E-state index in [0.29, 0.717) is 35.7 Å². The van der Waals surface area contributed by atoms with Crippen molar-refractivity contribution in [2.24, 2.45) is 16.8 Å². The predicted molar refractivity (Wildman–Crippen MR) is 101 cm³/mol. The van der Waals surface area contributed by atoms with E-state index in [1.807, 2.05) is 11.0 Å². The molecule has 0 aliphatic carbocycles. The van der Waals surface area contributed by atoms with Gasteiger partial charge in [-0.25, -0.2) is 4.99 Å². The monoisotopic (exact) mass is 358 g/mol. The number of aliphatic imine (C=N–C) groups is 1. The summed E-state index contributed by atoms with van der Waals surface area (Å²) in [5.74, 6) is 1.43. The lowest BCUT2D eigenvalue weighted by Crippen LogP contribution is -2.36. The minimum absolute atomic E-state index is 0.0110. The van der Waals surface area contributed by atoms with Gasteiger partial charge < -0.3 is 9.64 Å². The van der Waals surface area contributed by atoms with Crippen LogP contribution in [0.5, 0.6) is 0 Å². The van der Waals surface area contributed by atoms with Crippen LogP contribution in [-0.2, 0) is 11.2 Å². The minimum Gasteiger partial charge on any atom is -0.474 e. The molecule has 142 valence electrons. The van der Waals surface area contributed by atoms with Crippen molar-refractivity contribution in [3.8, 4) is 0 Å². The number of hydrogen-bond donors (Lipinski definition) is 0. The van der Waals surface area contributed by atoms with Crippen LogP contribution in [0.4, 0.5) is 0 Å². The third-order valence-electron chi connectivity index (χ3n) is 5.01. The number of aromatic nitrogens is 2. The molecule has 1 saturated heterocycles. The van der Waals surface area contributed by atoms with Crippen molar-refractivity contribution >= 4 is 11.8 Å². The quantitative estimate of drug-likeness (QED) is 0.811. The molecule has 0 saturated carbocycles. The molecule has 1 aromatic heterocycles. The Bertz CT molecular complexity index is 678.